The molecular formula is C27H25BF4N2. The summed E-state index contributed by atoms with van der Waals surface area (Å²) in [5.41, 5.74) is 2.65. The quantitative estimate of drug-likeness (QED) is 0.147. The van der Waals surface area contributed by atoms with Crippen molar-refractivity contribution in [1.82, 2.24) is 4.57 Å². The maximum absolute atomic E-state index is 9.75. The Morgan fingerprint density at radius 2 is 1.15 bits per heavy atom. The molecule has 34 heavy (non-hydrogen) atoms. The Balaban J connectivity index is 0.000000499. The van der Waals surface area contributed by atoms with Gasteiger partial charge in [-0.05, 0) is 58.7 Å². The third-order valence-corrected chi connectivity index (χ3v) is 6.08. The lowest BCUT2D eigenvalue weighted by Crippen LogP contribution is -2.36. The van der Waals surface area contributed by atoms with Gasteiger partial charge in [-0.3, -0.25) is 0 Å². The standard InChI is InChI=1S/C27H25N2.BF4/c1-20(24-13-11-22-7-3-5-9-26(22)17-24)28-15-16-29(19-28)21(2)25-14-12-23-8-4-6-10-27(23)18-25;2-1(3,4)5/h3-21H,1-2H3;/q+1;-1. The summed E-state index contributed by atoms with van der Waals surface area (Å²) in [5, 5.41) is 5.16. The largest absolute Gasteiger partial charge is 0.673 e. The highest BCUT2D eigenvalue weighted by Gasteiger charge is 2.21. The highest BCUT2D eigenvalue weighted by molar-refractivity contribution is 6.50. The summed E-state index contributed by atoms with van der Waals surface area (Å²) in [4.78, 5) is 0. The van der Waals surface area contributed by atoms with Gasteiger partial charge in [-0.25, -0.2) is 9.13 Å². The van der Waals surface area contributed by atoms with Crippen LogP contribution in [-0.2, 0) is 0 Å². The Hall–Kier alpha value is -3.61. The number of aromatic nitrogens is 2. The van der Waals surface area contributed by atoms with E-state index in [-0.39, 0.29) is 12.1 Å². The van der Waals surface area contributed by atoms with Crippen LogP contribution in [0.15, 0.2) is 104 Å². The van der Waals surface area contributed by atoms with Gasteiger partial charge in [-0.1, -0.05) is 72.8 Å². The molecule has 1 aromatic heterocycles. The fourth-order valence-corrected chi connectivity index (χ4v) is 4.12. The Labute approximate surface area is 196 Å². The minimum absolute atomic E-state index is 0.282. The van der Waals surface area contributed by atoms with Crippen molar-refractivity contribution in [2.75, 3.05) is 0 Å². The predicted molar refractivity (Wildman–Crippen MR) is 130 cm³/mol. The van der Waals surface area contributed by atoms with Crippen LogP contribution >= 0.6 is 0 Å². The summed E-state index contributed by atoms with van der Waals surface area (Å²) in [6.07, 6.45) is 6.58. The van der Waals surface area contributed by atoms with Gasteiger partial charge in [-0.15, -0.1) is 0 Å². The highest BCUT2D eigenvalue weighted by Crippen LogP contribution is 2.24. The average Bonchev–Trinajstić information content (AvgIpc) is 3.32. The topological polar surface area (TPSA) is 8.81 Å². The first kappa shape index (κ1) is 23.5. The molecule has 2 atom stereocenters. The lowest BCUT2D eigenvalue weighted by Gasteiger charge is -2.11. The molecule has 0 bridgehead atoms. The van der Waals surface area contributed by atoms with Crippen LogP contribution in [0.1, 0.15) is 37.1 Å². The molecule has 5 aromatic rings. The van der Waals surface area contributed by atoms with Crippen LogP contribution in [0.4, 0.5) is 17.3 Å². The van der Waals surface area contributed by atoms with Gasteiger partial charge < -0.3 is 17.3 Å². The minimum atomic E-state index is -6.00. The Bertz CT molecular complexity index is 1300. The van der Waals surface area contributed by atoms with Crippen LogP contribution < -0.4 is 4.57 Å². The van der Waals surface area contributed by atoms with Crippen LogP contribution in [0, 0.1) is 0 Å². The third kappa shape index (κ3) is 5.65. The first-order chi connectivity index (χ1) is 16.2. The van der Waals surface area contributed by atoms with Gasteiger partial charge in [0.15, 0.2) is 0 Å². The Morgan fingerprint density at radius 3 is 1.71 bits per heavy atom. The molecule has 0 N–H and O–H groups in total. The van der Waals surface area contributed by atoms with E-state index in [1.54, 1.807) is 0 Å². The van der Waals surface area contributed by atoms with Crippen molar-refractivity contribution in [3.05, 3.63) is 115 Å². The van der Waals surface area contributed by atoms with E-state index in [0.717, 1.165) is 0 Å². The molecule has 0 amide bonds. The van der Waals surface area contributed by atoms with Crippen LogP contribution in [0.3, 0.4) is 0 Å². The first-order valence-electron chi connectivity index (χ1n) is 11.1. The van der Waals surface area contributed by atoms with Gasteiger partial charge in [0.2, 0.25) is 6.33 Å². The zero-order valence-corrected chi connectivity index (χ0v) is 19.0. The van der Waals surface area contributed by atoms with E-state index >= 15 is 0 Å². The molecule has 0 spiro atoms. The van der Waals surface area contributed by atoms with Crippen LogP contribution in [0.25, 0.3) is 21.5 Å². The van der Waals surface area contributed by atoms with Crippen molar-refractivity contribution in [2.24, 2.45) is 0 Å². The van der Waals surface area contributed by atoms with Crippen molar-refractivity contribution in [3.8, 4) is 0 Å². The van der Waals surface area contributed by atoms with E-state index in [9.17, 15) is 17.3 Å². The molecule has 0 fully saturated rings. The molecule has 5 rings (SSSR count). The highest BCUT2D eigenvalue weighted by atomic mass is 19.5. The molecule has 7 heteroatoms. The second-order valence-corrected chi connectivity index (χ2v) is 8.37. The molecule has 0 aliphatic carbocycles. The molecule has 2 nitrogen and oxygen atoms in total. The molecule has 174 valence electrons. The lowest BCUT2D eigenvalue weighted by atomic mass is 10.0. The number of nitrogens with zero attached hydrogens (tertiary/aromatic N) is 2. The van der Waals surface area contributed by atoms with Gasteiger partial charge in [0.05, 0.1) is 0 Å². The summed E-state index contributed by atoms with van der Waals surface area (Å²) in [5.74, 6) is 0. The Morgan fingerprint density at radius 1 is 0.676 bits per heavy atom. The summed E-state index contributed by atoms with van der Waals surface area (Å²) >= 11 is 0. The summed E-state index contributed by atoms with van der Waals surface area (Å²) < 4.78 is 43.6. The molecule has 0 saturated carbocycles. The number of halogens is 4. The van der Waals surface area contributed by atoms with E-state index in [1.165, 1.54) is 32.7 Å². The van der Waals surface area contributed by atoms with Crippen molar-refractivity contribution < 1.29 is 21.8 Å². The summed E-state index contributed by atoms with van der Waals surface area (Å²) in [7, 11) is -6.00. The Kier molecular flexibility index (Phi) is 6.73. The second-order valence-electron chi connectivity index (χ2n) is 8.37. The number of benzene rings is 4. The molecule has 0 aliphatic heterocycles. The zero-order chi connectivity index (χ0) is 24.3. The van der Waals surface area contributed by atoms with E-state index in [2.05, 4.69) is 127 Å². The van der Waals surface area contributed by atoms with Crippen LogP contribution in [0.5, 0.6) is 0 Å². The number of rotatable bonds is 4. The van der Waals surface area contributed by atoms with Gasteiger partial charge >= 0.3 is 7.25 Å². The number of imidazole rings is 1. The van der Waals surface area contributed by atoms with E-state index in [0.29, 0.717) is 0 Å². The first-order valence-corrected chi connectivity index (χ1v) is 11.1. The molecule has 2 unspecified atom stereocenters. The molecule has 0 aliphatic rings. The number of hydrogen-bond donors (Lipinski definition) is 0. The minimum Gasteiger partial charge on any atom is -0.418 e. The van der Waals surface area contributed by atoms with Crippen molar-refractivity contribution in [3.63, 3.8) is 0 Å². The van der Waals surface area contributed by atoms with Crippen molar-refractivity contribution >= 4 is 28.8 Å². The van der Waals surface area contributed by atoms with Gasteiger partial charge in [0.1, 0.15) is 24.5 Å². The number of fused-ring (bicyclic) bond motifs is 2. The lowest BCUT2D eigenvalue weighted by molar-refractivity contribution is -0.710. The van der Waals surface area contributed by atoms with E-state index < -0.39 is 7.25 Å². The molecule has 0 saturated heterocycles. The zero-order valence-electron chi connectivity index (χ0n) is 19.0. The van der Waals surface area contributed by atoms with Gasteiger partial charge in [0, 0.05) is 0 Å². The van der Waals surface area contributed by atoms with Crippen LogP contribution in [0.2, 0.25) is 0 Å². The normalized spacial score (nSPS) is 13.4. The smallest absolute Gasteiger partial charge is 0.418 e. The number of hydrogen-bond acceptors (Lipinski definition) is 0. The SMILES string of the molecule is CC(c1ccc2ccccc2c1)n1cc[n+](C(C)c2ccc3ccccc3c2)c1.F[B-](F)(F)F. The van der Waals surface area contributed by atoms with E-state index in [1.807, 2.05) is 0 Å². The van der Waals surface area contributed by atoms with Crippen molar-refractivity contribution in [2.45, 2.75) is 25.9 Å². The molecule has 0 radical (unpaired) electrons. The molecule has 1 heterocycles. The summed E-state index contributed by atoms with van der Waals surface area (Å²) in [6, 6.07) is 31.2. The summed E-state index contributed by atoms with van der Waals surface area (Å²) in [6.45, 7) is 4.52. The third-order valence-electron chi connectivity index (χ3n) is 6.08. The second kappa shape index (κ2) is 9.71. The molecular weight excluding hydrogens is 439 g/mol. The monoisotopic (exact) mass is 464 g/mol. The average molecular weight is 464 g/mol. The van der Waals surface area contributed by atoms with E-state index in [4.69, 9.17) is 0 Å². The predicted octanol–water partition coefficient (Wildman–Crippen LogP) is 7.60. The van der Waals surface area contributed by atoms with Crippen LogP contribution in [-0.4, -0.2) is 11.8 Å². The van der Waals surface area contributed by atoms with Gasteiger partial charge in [-0.2, -0.15) is 0 Å². The van der Waals surface area contributed by atoms with Crippen molar-refractivity contribution in [1.29, 1.82) is 0 Å². The fourth-order valence-electron chi connectivity index (χ4n) is 4.12. The molecule has 4 aromatic carbocycles. The maximum atomic E-state index is 9.75. The van der Waals surface area contributed by atoms with Gasteiger partial charge in [0.25, 0.3) is 0 Å². The maximum Gasteiger partial charge on any atom is 0.673 e. The fraction of sp³-hybridized carbons (Fsp3) is 0.148.